The van der Waals surface area contributed by atoms with Gasteiger partial charge in [-0.25, -0.2) is 0 Å². The predicted molar refractivity (Wildman–Crippen MR) is 57.5 cm³/mol. The molecule has 0 spiro atoms. The lowest BCUT2D eigenvalue weighted by atomic mass is 10.1. The third-order valence-corrected chi connectivity index (χ3v) is 1.74. The molecular weight excluding hydrogens is 204 g/mol. The number of non-ortho nitro benzene ring substituents is 1. The zero-order valence-electron chi connectivity index (χ0n) is 7.42. The van der Waals surface area contributed by atoms with E-state index in [1.807, 2.05) is 0 Å². The number of benzene rings is 1. The molecule has 0 fully saturated rings. The van der Waals surface area contributed by atoms with Crippen LogP contribution in [0.4, 0.5) is 5.69 Å². The Morgan fingerprint density at radius 1 is 1.43 bits per heavy atom. The molecule has 2 N–H and O–H groups in total. The summed E-state index contributed by atoms with van der Waals surface area (Å²) >= 11 is 0. The lowest BCUT2D eigenvalue weighted by Gasteiger charge is -2.04. The molecule has 0 bridgehead atoms. The Kier molecular flexibility index (Phi) is 4.83. The molecule has 4 nitrogen and oxygen atoms in total. The van der Waals surface area contributed by atoms with E-state index in [1.165, 1.54) is 12.1 Å². The lowest BCUT2D eigenvalue weighted by Crippen LogP contribution is -2.05. The summed E-state index contributed by atoms with van der Waals surface area (Å²) in [6, 6.07) is 5.85. The van der Waals surface area contributed by atoms with Crippen LogP contribution in [0, 0.1) is 10.1 Å². The highest BCUT2D eigenvalue weighted by atomic mass is 35.5. The van der Waals surface area contributed by atoms with Gasteiger partial charge in [-0.3, -0.25) is 10.1 Å². The predicted octanol–water partition coefficient (Wildman–Crippen LogP) is 2.20. The summed E-state index contributed by atoms with van der Waals surface area (Å²) in [5, 5.41) is 10.3. The fourth-order valence-corrected chi connectivity index (χ4v) is 0.954. The number of nitrogens with two attached hydrogens (primary N) is 1. The Morgan fingerprint density at radius 3 is 2.29 bits per heavy atom. The second-order valence-electron chi connectivity index (χ2n) is 2.61. The number of hydrogen-bond donors (Lipinski definition) is 1. The van der Waals surface area contributed by atoms with Crippen molar-refractivity contribution in [2.24, 2.45) is 5.73 Å². The van der Waals surface area contributed by atoms with Gasteiger partial charge in [0.25, 0.3) is 5.69 Å². The van der Waals surface area contributed by atoms with E-state index in [2.05, 4.69) is 6.58 Å². The van der Waals surface area contributed by atoms with Gasteiger partial charge in [-0.15, -0.1) is 19.0 Å². The molecule has 0 heterocycles. The minimum atomic E-state index is -0.441. The van der Waals surface area contributed by atoms with E-state index >= 15 is 0 Å². The average Bonchev–Trinajstić information content (AvgIpc) is 2.17. The quantitative estimate of drug-likeness (QED) is 0.477. The van der Waals surface area contributed by atoms with Crippen LogP contribution in [0.5, 0.6) is 0 Å². The van der Waals surface area contributed by atoms with E-state index in [9.17, 15) is 10.1 Å². The second kappa shape index (κ2) is 5.36. The number of nitrogens with zero attached hydrogens (tertiary/aromatic N) is 1. The van der Waals surface area contributed by atoms with Crippen LogP contribution in [-0.2, 0) is 0 Å². The number of rotatable bonds is 3. The first-order chi connectivity index (χ1) is 6.15. The SMILES string of the molecule is C=C[C@@H](N)c1ccc([N+](=O)[O-])cc1.Cl. The van der Waals surface area contributed by atoms with Gasteiger partial charge in [-0.05, 0) is 5.56 Å². The molecule has 0 unspecified atom stereocenters. The molecule has 0 radical (unpaired) electrons. The second-order valence-corrected chi connectivity index (χ2v) is 2.61. The highest BCUT2D eigenvalue weighted by Gasteiger charge is 2.06. The normalized spacial score (nSPS) is 11.2. The summed E-state index contributed by atoms with van der Waals surface area (Å²) in [7, 11) is 0. The van der Waals surface area contributed by atoms with E-state index < -0.39 is 4.92 Å². The van der Waals surface area contributed by atoms with Gasteiger partial charge in [0.2, 0.25) is 0 Å². The summed E-state index contributed by atoms with van der Waals surface area (Å²) < 4.78 is 0. The summed E-state index contributed by atoms with van der Waals surface area (Å²) in [5.41, 5.74) is 6.52. The van der Waals surface area contributed by atoms with Crippen molar-refractivity contribution in [3.8, 4) is 0 Å². The summed E-state index contributed by atoms with van der Waals surface area (Å²) in [4.78, 5) is 9.86. The molecule has 1 atom stereocenters. The molecule has 0 saturated carbocycles. The smallest absolute Gasteiger partial charge is 0.269 e. The van der Waals surface area contributed by atoms with Crippen molar-refractivity contribution in [1.82, 2.24) is 0 Å². The van der Waals surface area contributed by atoms with Crippen LogP contribution in [0.25, 0.3) is 0 Å². The van der Waals surface area contributed by atoms with Crippen LogP contribution in [0.2, 0.25) is 0 Å². The number of hydrogen-bond acceptors (Lipinski definition) is 3. The topological polar surface area (TPSA) is 69.2 Å². The molecule has 0 saturated heterocycles. The van der Waals surface area contributed by atoms with E-state index in [-0.39, 0.29) is 24.1 Å². The molecule has 1 aromatic rings. The summed E-state index contributed by atoms with van der Waals surface area (Å²) in [6.45, 7) is 3.54. The lowest BCUT2D eigenvalue weighted by molar-refractivity contribution is -0.384. The van der Waals surface area contributed by atoms with Crippen molar-refractivity contribution in [2.75, 3.05) is 0 Å². The zero-order valence-corrected chi connectivity index (χ0v) is 8.24. The van der Waals surface area contributed by atoms with Crippen molar-refractivity contribution in [3.63, 3.8) is 0 Å². The van der Waals surface area contributed by atoms with Gasteiger partial charge in [-0.2, -0.15) is 0 Å². The third-order valence-electron chi connectivity index (χ3n) is 1.74. The first-order valence-electron chi connectivity index (χ1n) is 3.77. The molecule has 0 aromatic heterocycles. The number of nitro benzene ring substituents is 1. The number of halogens is 1. The largest absolute Gasteiger partial charge is 0.321 e. The van der Waals surface area contributed by atoms with Gasteiger partial charge < -0.3 is 5.73 Å². The van der Waals surface area contributed by atoms with Crippen molar-refractivity contribution < 1.29 is 4.92 Å². The van der Waals surface area contributed by atoms with Gasteiger partial charge in [0.15, 0.2) is 0 Å². The first kappa shape index (κ1) is 12.6. The highest BCUT2D eigenvalue weighted by molar-refractivity contribution is 5.85. The molecular formula is C9H11ClN2O2. The molecule has 76 valence electrons. The molecule has 0 aliphatic heterocycles. The third kappa shape index (κ3) is 2.83. The maximum absolute atomic E-state index is 10.3. The molecule has 0 aliphatic rings. The van der Waals surface area contributed by atoms with Crippen LogP contribution in [-0.4, -0.2) is 4.92 Å². The Morgan fingerprint density at radius 2 is 1.93 bits per heavy atom. The van der Waals surface area contributed by atoms with Crippen molar-refractivity contribution >= 4 is 18.1 Å². The maximum atomic E-state index is 10.3. The van der Waals surface area contributed by atoms with Crippen LogP contribution < -0.4 is 5.73 Å². The molecule has 14 heavy (non-hydrogen) atoms. The minimum Gasteiger partial charge on any atom is -0.321 e. The monoisotopic (exact) mass is 214 g/mol. The Hall–Kier alpha value is -1.39. The fourth-order valence-electron chi connectivity index (χ4n) is 0.954. The standard InChI is InChI=1S/C9H10N2O2.ClH/c1-2-9(10)7-3-5-8(6-4-7)11(12)13;/h2-6,9H,1,10H2;1H/t9-;/m1./s1. The van der Waals surface area contributed by atoms with Gasteiger partial charge >= 0.3 is 0 Å². The highest BCUT2D eigenvalue weighted by Crippen LogP contribution is 2.16. The van der Waals surface area contributed by atoms with Gasteiger partial charge in [0, 0.05) is 18.2 Å². The maximum Gasteiger partial charge on any atom is 0.269 e. The fraction of sp³-hybridized carbons (Fsp3) is 0.111. The van der Waals surface area contributed by atoms with Crippen molar-refractivity contribution in [1.29, 1.82) is 0 Å². The Balaban J connectivity index is 0.00000169. The molecule has 1 rings (SSSR count). The minimum absolute atomic E-state index is 0. The average molecular weight is 215 g/mol. The van der Waals surface area contributed by atoms with E-state index in [0.29, 0.717) is 0 Å². The molecule has 1 aromatic carbocycles. The van der Waals surface area contributed by atoms with Crippen LogP contribution in [0.3, 0.4) is 0 Å². The molecule has 0 amide bonds. The van der Waals surface area contributed by atoms with Gasteiger partial charge in [-0.1, -0.05) is 18.2 Å². The summed E-state index contributed by atoms with van der Waals surface area (Å²) in [5.74, 6) is 0. The molecule has 0 aliphatic carbocycles. The van der Waals surface area contributed by atoms with E-state index in [4.69, 9.17) is 5.73 Å². The number of nitro groups is 1. The van der Waals surface area contributed by atoms with Crippen LogP contribution in [0.15, 0.2) is 36.9 Å². The van der Waals surface area contributed by atoms with Crippen molar-refractivity contribution in [2.45, 2.75) is 6.04 Å². The first-order valence-corrected chi connectivity index (χ1v) is 3.77. The summed E-state index contributed by atoms with van der Waals surface area (Å²) in [6.07, 6.45) is 1.58. The van der Waals surface area contributed by atoms with Crippen LogP contribution >= 0.6 is 12.4 Å². The zero-order chi connectivity index (χ0) is 9.84. The Labute approximate surface area is 88.0 Å². The van der Waals surface area contributed by atoms with E-state index in [1.54, 1.807) is 18.2 Å². The van der Waals surface area contributed by atoms with E-state index in [0.717, 1.165) is 5.56 Å². The molecule has 5 heteroatoms. The van der Waals surface area contributed by atoms with Gasteiger partial charge in [0.1, 0.15) is 0 Å². The van der Waals surface area contributed by atoms with Gasteiger partial charge in [0.05, 0.1) is 4.92 Å². The Bertz CT molecular complexity index is 324. The van der Waals surface area contributed by atoms with Crippen LogP contribution in [0.1, 0.15) is 11.6 Å². The van der Waals surface area contributed by atoms with Crippen molar-refractivity contribution in [3.05, 3.63) is 52.6 Å².